The molecule has 8 heteroatoms. The van der Waals surface area contributed by atoms with Gasteiger partial charge in [-0.15, -0.1) is 0 Å². The minimum Gasteiger partial charge on any atom is -0.491 e. The zero-order valence-electron chi connectivity index (χ0n) is 18.3. The van der Waals surface area contributed by atoms with E-state index < -0.39 is 5.79 Å². The number of rotatable bonds is 7. The molecule has 1 aromatic heterocycles. The van der Waals surface area contributed by atoms with Gasteiger partial charge in [0.25, 0.3) is 0 Å². The standard InChI is InChI=1S/C25H27Cl2N3O3/c26-19-4-9-23(24(27)14-19)25(17-29-13-10-28-18-29)32-16-22(33-25)15-31-21-7-5-20(6-8-21)30-11-2-1-3-12-30/h4-10,13-14,18,22H,1-3,11-12,15-17H2/t22-,25-/m0/s1. The number of halogens is 2. The summed E-state index contributed by atoms with van der Waals surface area (Å²) in [6, 6.07) is 13.6. The van der Waals surface area contributed by atoms with E-state index in [1.54, 1.807) is 24.7 Å². The van der Waals surface area contributed by atoms with Crippen molar-refractivity contribution in [2.24, 2.45) is 0 Å². The fraction of sp³-hybridized carbons (Fsp3) is 0.400. The Morgan fingerprint density at radius 2 is 1.88 bits per heavy atom. The van der Waals surface area contributed by atoms with E-state index in [0.717, 1.165) is 24.4 Å². The number of hydrogen-bond donors (Lipinski definition) is 0. The number of piperidine rings is 1. The van der Waals surface area contributed by atoms with Crippen molar-refractivity contribution in [3.8, 4) is 5.75 Å². The average molecular weight is 488 g/mol. The van der Waals surface area contributed by atoms with Gasteiger partial charge in [-0.1, -0.05) is 29.3 Å². The summed E-state index contributed by atoms with van der Waals surface area (Å²) in [5.74, 6) is -0.231. The first kappa shape index (κ1) is 22.5. The van der Waals surface area contributed by atoms with E-state index in [1.165, 1.54) is 24.9 Å². The number of benzene rings is 2. The summed E-state index contributed by atoms with van der Waals surface area (Å²) in [4.78, 5) is 6.56. The molecule has 3 heterocycles. The number of anilines is 1. The van der Waals surface area contributed by atoms with Crippen molar-refractivity contribution in [1.29, 1.82) is 0 Å². The minimum absolute atomic E-state index is 0.248. The summed E-state index contributed by atoms with van der Waals surface area (Å²) in [7, 11) is 0. The van der Waals surface area contributed by atoms with Crippen LogP contribution < -0.4 is 9.64 Å². The molecule has 0 amide bonds. The van der Waals surface area contributed by atoms with Gasteiger partial charge in [0.1, 0.15) is 18.5 Å². The molecule has 2 aliphatic rings. The van der Waals surface area contributed by atoms with Gasteiger partial charge in [-0.25, -0.2) is 4.98 Å². The molecule has 2 atom stereocenters. The third kappa shape index (κ3) is 5.14. The third-order valence-electron chi connectivity index (χ3n) is 6.14. The van der Waals surface area contributed by atoms with Crippen LogP contribution in [0.5, 0.6) is 5.75 Å². The molecular weight excluding hydrogens is 461 g/mol. The van der Waals surface area contributed by atoms with Crippen LogP contribution in [-0.2, 0) is 21.8 Å². The Morgan fingerprint density at radius 1 is 1.06 bits per heavy atom. The maximum atomic E-state index is 6.53. The molecule has 0 N–H and O–H groups in total. The second-order valence-electron chi connectivity index (χ2n) is 8.52. The SMILES string of the molecule is Clc1ccc([C@@]2(Cn3ccnc3)OC[C@H](COc3ccc(N4CCCCC4)cc3)O2)c(Cl)c1. The van der Waals surface area contributed by atoms with Crippen LogP contribution in [0.4, 0.5) is 5.69 Å². The van der Waals surface area contributed by atoms with Crippen LogP contribution in [0.15, 0.2) is 61.2 Å². The molecule has 2 saturated heterocycles. The van der Waals surface area contributed by atoms with Crippen LogP contribution in [0.25, 0.3) is 0 Å². The summed E-state index contributed by atoms with van der Waals surface area (Å²) in [5, 5.41) is 1.06. The smallest absolute Gasteiger partial charge is 0.215 e. The first-order valence-electron chi connectivity index (χ1n) is 11.3. The second kappa shape index (κ2) is 9.94. The lowest BCUT2D eigenvalue weighted by atomic mass is 10.1. The minimum atomic E-state index is -1.05. The topological polar surface area (TPSA) is 48.8 Å². The van der Waals surface area contributed by atoms with Crippen molar-refractivity contribution in [2.45, 2.75) is 37.7 Å². The summed E-state index contributed by atoms with van der Waals surface area (Å²) >= 11 is 12.6. The molecule has 2 fully saturated rings. The van der Waals surface area contributed by atoms with Crippen LogP contribution in [-0.4, -0.2) is 42.0 Å². The molecule has 5 rings (SSSR count). The highest BCUT2D eigenvalue weighted by molar-refractivity contribution is 6.35. The fourth-order valence-electron chi connectivity index (χ4n) is 4.47. The molecule has 0 aliphatic carbocycles. The molecule has 3 aromatic rings. The molecule has 0 radical (unpaired) electrons. The van der Waals surface area contributed by atoms with Gasteiger partial charge >= 0.3 is 0 Å². The molecule has 0 bridgehead atoms. The predicted octanol–water partition coefficient (Wildman–Crippen LogP) is 5.53. The van der Waals surface area contributed by atoms with Crippen molar-refractivity contribution >= 4 is 28.9 Å². The Balaban J connectivity index is 1.26. The van der Waals surface area contributed by atoms with Gasteiger partial charge in [0.05, 0.1) is 24.5 Å². The number of imidazole rings is 1. The fourth-order valence-corrected chi connectivity index (χ4v) is 5.02. The van der Waals surface area contributed by atoms with Crippen LogP contribution in [0.2, 0.25) is 10.0 Å². The van der Waals surface area contributed by atoms with Gasteiger partial charge < -0.3 is 23.7 Å². The molecular formula is C25H27Cl2N3O3. The van der Waals surface area contributed by atoms with Crippen LogP contribution in [0.1, 0.15) is 24.8 Å². The highest BCUT2D eigenvalue weighted by Crippen LogP contribution is 2.40. The predicted molar refractivity (Wildman–Crippen MR) is 129 cm³/mol. The molecule has 174 valence electrons. The molecule has 0 unspecified atom stereocenters. The Hall–Kier alpha value is -2.25. The highest BCUT2D eigenvalue weighted by Gasteiger charge is 2.45. The van der Waals surface area contributed by atoms with Crippen molar-refractivity contribution in [3.63, 3.8) is 0 Å². The van der Waals surface area contributed by atoms with E-state index in [0.29, 0.717) is 29.8 Å². The lowest BCUT2D eigenvalue weighted by molar-refractivity contribution is -0.189. The highest BCUT2D eigenvalue weighted by atomic mass is 35.5. The first-order valence-corrected chi connectivity index (χ1v) is 12.1. The monoisotopic (exact) mass is 487 g/mol. The number of aromatic nitrogens is 2. The summed E-state index contributed by atoms with van der Waals surface area (Å²) in [6.07, 6.45) is 8.91. The number of hydrogen-bond acceptors (Lipinski definition) is 5. The molecule has 0 spiro atoms. The molecule has 2 aromatic carbocycles. The first-order chi connectivity index (χ1) is 16.1. The van der Waals surface area contributed by atoms with Gasteiger partial charge in [-0.05, 0) is 55.7 Å². The van der Waals surface area contributed by atoms with E-state index in [1.807, 2.05) is 29.0 Å². The maximum Gasteiger partial charge on any atom is 0.215 e. The van der Waals surface area contributed by atoms with Gasteiger partial charge in [0, 0.05) is 41.8 Å². The molecule has 2 aliphatic heterocycles. The van der Waals surface area contributed by atoms with E-state index in [4.69, 9.17) is 37.4 Å². The number of nitrogens with zero attached hydrogens (tertiary/aromatic N) is 3. The van der Waals surface area contributed by atoms with E-state index in [9.17, 15) is 0 Å². The van der Waals surface area contributed by atoms with Crippen molar-refractivity contribution in [3.05, 3.63) is 76.8 Å². The third-order valence-corrected chi connectivity index (χ3v) is 6.69. The zero-order valence-corrected chi connectivity index (χ0v) is 19.8. The lowest BCUT2D eigenvalue weighted by Crippen LogP contribution is -2.34. The Morgan fingerprint density at radius 3 is 2.61 bits per heavy atom. The van der Waals surface area contributed by atoms with Gasteiger partial charge in [0.15, 0.2) is 0 Å². The van der Waals surface area contributed by atoms with E-state index in [2.05, 4.69) is 22.0 Å². The largest absolute Gasteiger partial charge is 0.491 e. The summed E-state index contributed by atoms with van der Waals surface area (Å²) in [5.41, 5.74) is 1.98. The molecule has 33 heavy (non-hydrogen) atoms. The van der Waals surface area contributed by atoms with Crippen LogP contribution in [0, 0.1) is 0 Å². The van der Waals surface area contributed by atoms with Crippen LogP contribution in [0.3, 0.4) is 0 Å². The van der Waals surface area contributed by atoms with Crippen molar-refractivity contribution in [2.75, 3.05) is 31.2 Å². The average Bonchev–Trinajstić information content (AvgIpc) is 3.49. The van der Waals surface area contributed by atoms with E-state index >= 15 is 0 Å². The van der Waals surface area contributed by atoms with Gasteiger partial charge in [0.2, 0.25) is 5.79 Å². The Kier molecular flexibility index (Phi) is 6.79. The lowest BCUT2D eigenvalue weighted by Gasteiger charge is -2.30. The van der Waals surface area contributed by atoms with Crippen LogP contribution >= 0.6 is 23.2 Å². The quantitative estimate of drug-likeness (QED) is 0.438. The van der Waals surface area contributed by atoms with E-state index in [-0.39, 0.29) is 6.10 Å². The molecule has 6 nitrogen and oxygen atoms in total. The zero-order chi connectivity index (χ0) is 22.7. The maximum absolute atomic E-state index is 6.53. The summed E-state index contributed by atoms with van der Waals surface area (Å²) < 4.78 is 20.6. The summed E-state index contributed by atoms with van der Waals surface area (Å²) in [6.45, 7) is 3.42. The molecule has 0 saturated carbocycles. The number of ether oxygens (including phenoxy) is 3. The van der Waals surface area contributed by atoms with Gasteiger partial charge in [-0.2, -0.15) is 0 Å². The Bertz CT molecular complexity index is 1060. The normalized spacial score (nSPS) is 23.1. The van der Waals surface area contributed by atoms with Crippen molar-refractivity contribution in [1.82, 2.24) is 9.55 Å². The second-order valence-corrected chi connectivity index (χ2v) is 9.36. The van der Waals surface area contributed by atoms with Gasteiger partial charge in [-0.3, -0.25) is 0 Å². The van der Waals surface area contributed by atoms with Crippen molar-refractivity contribution < 1.29 is 14.2 Å². The Labute approximate surface area is 204 Å².